The van der Waals surface area contributed by atoms with E-state index in [1.54, 1.807) is 12.1 Å². The highest BCUT2D eigenvalue weighted by atomic mass is 35.5. The van der Waals surface area contributed by atoms with Crippen LogP contribution in [0.1, 0.15) is 15.9 Å². The fraction of sp³-hybridized carbons (Fsp3) is 0.133. The molecule has 104 valence electrons. The lowest BCUT2D eigenvalue weighted by molar-refractivity contribution is 0.102. The van der Waals surface area contributed by atoms with Gasteiger partial charge in [0.1, 0.15) is 5.82 Å². The third-order valence-corrected chi connectivity index (χ3v) is 3.16. The highest BCUT2D eigenvalue weighted by Gasteiger charge is 2.09. The van der Waals surface area contributed by atoms with E-state index < -0.39 is 5.82 Å². The molecule has 5 heteroatoms. The van der Waals surface area contributed by atoms with Gasteiger partial charge < -0.3 is 11.1 Å². The Morgan fingerprint density at radius 1 is 1.20 bits per heavy atom. The topological polar surface area (TPSA) is 55.1 Å². The standard InChI is InChI=1S/C15H14ClFN2O/c16-13-6-5-12(17)9-14(13)19-15(20)11-3-1-10(2-4-11)7-8-18/h1-6,9H,7-8,18H2,(H,19,20). The van der Waals surface area contributed by atoms with Gasteiger partial charge in [0.25, 0.3) is 5.91 Å². The van der Waals surface area contributed by atoms with E-state index >= 15 is 0 Å². The molecule has 0 saturated carbocycles. The number of benzene rings is 2. The Kier molecular flexibility index (Phi) is 4.71. The van der Waals surface area contributed by atoms with Gasteiger partial charge in [0, 0.05) is 5.56 Å². The Bertz CT molecular complexity index is 614. The second-order valence-electron chi connectivity index (χ2n) is 4.31. The highest BCUT2D eigenvalue weighted by molar-refractivity contribution is 6.33. The first kappa shape index (κ1) is 14.5. The lowest BCUT2D eigenvalue weighted by Gasteiger charge is -2.08. The predicted octanol–water partition coefficient (Wildman–Crippen LogP) is 3.23. The molecule has 3 nitrogen and oxygen atoms in total. The molecular formula is C15H14ClFN2O. The summed E-state index contributed by atoms with van der Waals surface area (Å²) < 4.78 is 13.1. The number of carbonyl (C=O) groups is 1. The molecular weight excluding hydrogens is 279 g/mol. The van der Waals surface area contributed by atoms with Crippen LogP contribution in [0.25, 0.3) is 0 Å². The number of rotatable bonds is 4. The van der Waals surface area contributed by atoms with Crippen molar-refractivity contribution in [3.05, 3.63) is 64.4 Å². The van der Waals surface area contributed by atoms with Crippen LogP contribution in [0.3, 0.4) is 0 Å². The largest absolute Gasteiger partial charge is 0.330 e. The van der Waals surface area contributed by atoms with Gasteiger partial charge in [-0.15, -0.1) is 0 Å². The van der Waals surface area contributed by atoms with Gasteiger partial charge in [0.15, 0.2) is 0 Å². The van der Waals surface area contributed by atoms with Crippen molar-refractivity contribution in [1.29, 1.82) is 0 Å². The summed E-state index contributed by atoms with van der Waals surface area (Å²) in [5.74, 6) is -0.792. The van der Waals surface area contributed by atoms with E-state index in [1.807, 2.05) is 12.1 Å². The number of anilines is 1. The lowest BCUT2D eigenvalue weighted by Crippen LogP contribution is -2.12. The fourth-order valence-electron chi connectivity index (χ4n) is 1.78. The first-order valence-corrected chi connectivity index (χ1v) is 6.53. The van der Waals surface area contributed by atoms with Gasteiger partial charge in [-0.3, -0.25) is 4.79 Å². The van der Waals surface area contributed by atoms with E-state index in [0.29, 0.717) is 17.1 Å². The number of carbonyl (C=O) groups excluding carboxylic acids is 1. The molecule has 0 radical (unpaired) electrons. The fourth-order valence-corrected chi connectivity index (χ4v) is 1.94. The van der Waals surface area contributed by atoms with Crippen LogP contribution in [0.15, 0.2) is 42.5 Å². The normalized spacial score (nSPS) is 10.3. The van der Waals surface area contributed by atoms with Gasteiger partial charge in [-0.25, -0.2) is 4.39 Å². The zero-order valence-corrected chi connectivity index (χ0v) is 11.5. The van der Waals surface area contributed by atoms with E-state index in [2.05, 4.69) is 5.32 Å². The van der Waals surface area contributed by atoms with Gasteiger partial charge >= 0.3 is 0 Å². The first-order valence-electron chi connectivity index (χ1n) is 6.15. The average Bonchev–Trinajstić information content (AvgIpc) is 2.44. The maximum Gasteiger partial charge on any atom is 0.255 e. The van der Waals surface area contributed by atoms with Crippen LogP contribution < -0.4 is 11.1 Å². The molecule has 1 amide bonds. The van der Waals surface area contributed by atoms with Crippen molar-refractivity contribution in [3.8, 4) is 0 Å². The van der Waals surface area contributed by atoms with Crippen molar-refractivity contribution >= 4 is 23.2 Å². The van der Waals surface area contributed by atoms with Gasteiger partial charge in [-0.1, -0.05) is 23.7 Å². The molecule has 2 rings (SSSR count). The lowest BCUT2D eigenvalue weighted by atomic mass is 10.1. The summed E-state index contributed by atoms with van der Waals surface area (Å²) in [5.41, 5.74) is 7.26. The van der Waals surface area contributed by atoms with Crippen LogP contribution in [-0.4, -0.2) is 12.5 Å². The minimum absolute atomic E-state index is 0.253. The monoisotopic (exact) mass is 292 g/mol. The Morgan fingerprint density at radius 3 is 2.55 bits per heavy atom. The third-order valence-electron chi connectivity index (χ3n) is 2.83. The number of amides is 1. The summed E-state index contributed by atoms with van der Waals surface area (Å²) in [5, 5.41) is 2.87. The first-order chi connectivity index (χ1) is 9.60. The molecule has 2 aromatic rings. The number of halogens is 2. The van der Waals surface area contributed by atoms with E-state index in [9.17, 15) is 9.18 Å². The molecule has 0 fully saturated rings. The number of nitrogens with one attached hydrogen (secondary N) is 1. The minimum Gasteiger partial charge on any atom is -0.330 e. The van der Waals surface area contributed by atoms with Crippen LogP contribution in [0.5, 0.6) is 0 Å². The van der Waals surface area contributed by atoms with Crippen molar-refractivity contribution in [2.45, 2.75) is 6.42 Å². The highest BCUT2D eigenvalue weighted by Crippen LogP contribution is 2.23. The Labute approximate surface area is 121 Å². The quantitative estimate of drug-likeness (QED) is 0.909. The summed E-state index contributed by atoms with van der Waals surface area (Å²) >= 11 is 5.90. The zero-order chi connectivity index (χ0) is 14.5. The Hall–Kier alpha value is -1.91. The van der Waals surface area contributed by atoms with E-state index in [1.165, 1.54) is 18.2 Å². The number of hydrogen-bond acceptors (Lipinski definition) is 2. The molecule has 0 aliphatic rings. The smallest absolute Gasteiger partial charge is 0.255 e. The Balaban J connectivity index is 2.13. The van der Waals surface area contributed by atoms with Gasteiger partial charge in [0.2, 0.25) is 0 Å². The molecule has 2 aromatic carbocycles. The van der Waals surface area contributed by atoms with E-state index in [0.717, 1.165) is 12.0 Å². The summed E-state index contributed by atoms with van der Waals surface area (Å²) in [4.78, 5) is 12.0. The maximum atomic E-state index is 13.1. The zero-order valence-electron chi connectivity index (χ0n) is 10.7. The molecule has 0 bridgehead atoms. The number of nitrogens with two attached hydrogens (primary N) is 1. The predicted molar refractivity (Wildman–Crippen MR) is 78.6 cm³/mol. The molecule has 0 aliphatic heterocycles. The molecule has 0 aromatic heterocycles. The van der Waals surface area contributed by atoms with Gasteiger partial charge in [-0.05, 0) is 48.9 Å². The van der Waals surface area contributed by atoms with Crippen molar-refractivity contribution < 1.29 is 9.18 Å². The van der Waals surface area contributed by atoms with Crippen molar-refractivity contribution in [3.63, 3.8) is 0 Å². The summed E-state index contributed by atoms with van der Waals surface area (Å²) in [7, 11) is 0. The van der Waals surface area contributed by atoms with Crippen LogP contribution in [0.4, 0.5) is 10.1 Å². The molecule has 0 saturated heterocycles. The Morgan fingerprint density at radius 2 is 1.90 bits per heavy atom. The summed E-state index contributed by atoms with van der Waals surface area (Å²) in [6.07, 6.45) is 0.762. The van der Waals surface area contributed by atoms with Crippen molar-refractivity contribution in [1.82, 2.24) is 0 Å². The second-order valence-corrected chi connectivity index (χ2v) is 4.72. The molecule has 0 spiro atoms. The maximum absolute atomic E-state index is 13.1. The molecule has 0 unspecified atom stereocenters. The second kappa shape index (κ2) is 6.50. The van der Waals surface area contributed by atoms with Crippen LogP contribution in [0.2, 0.25) is 5.02 Å². The van der Waals surface area contributed by atoms with Gasteiger partial charge in [0.05, 0.1) is 10.7 Å². The SMILES string of the molecule is NCCc1ccc(C(=O)Nc2cc(F)ccc2Cl)cc1. The van der Waals surface area contributed by atoms with Crippen LogP contribution in [-0.2, 0) is 6.42 Å². The summed E-state index contributed by atoms with van der Waals surface area (Å²) in [6, 6.07) is 10.9. The van der Waals surface area contributed by atoms with Crippen molar-refractivity contribution in [2.75, 3.05) is 11.9 Å². The molecule has 0 aliphatic carbocycles. The average molecular weight is 293 g/mol. The van der Waals surface area contributed by atoms with E-state index in [-0.39, 0.29) is 11.6 Å². The molecule has 0 atom stereocenters. The molecule has 20 heavy (non-hydrogen) atoms. The van der Waals surface area contributed by atoms with E-state index in [4.69, 9.17) is 17.3 Å². The van der Waals surface area contributed by atoms with Crippen LogP contribution in [0, 0.1) is 5.82 Å². The van der Waals surface area contributed by atoms with Crippen molar-refractivity contribution in [2.24, 2.45) is 5.73 Å². The van der Waals surface area contributed by atoms with Crippen LogP contribution >= 0.6 is 11.6 Å². The minimum atomic E-state index is -0.456. The summed E-state index contributed by atoms with van der Waals surface area (Å²) in [6.45, 7) is 0.560. The molecule has 0 heterocycles. The van der Waals surface area contributed by atoms with Gasteiger partial charge in [-0.2, -0.15) is 0 Å². The number of hydrogen-bond donors (Lipinski definition) is 2. The third kappa shape index (κ3) is 3.56. The molecule has 3 N–H and O–H groups in total.